The second kappa shape index (κ2) is 5.12. The van der Waals surface area contributed by atoms with Crippen molar-refractivity contribution in [2.75, 3.05) is 13.6 Å². The number of benzene rings is 1. The Morgan fingerprint density at radius 2 is 1.94 bits per heavy atom. The van der Waals surface area contributed by atoms with E-state index in [0.29, 0.717) is 0 Å². The molecular weight excluding hydrogens is 222 g/mol. The van der Waals surface area contributed by atoms with Gasteiger partial charge in [-0.2, -0.15) is 0 Å². The van der Waals surface area contributed by atoms with Gasteiger partial charge in [-0.25, -0.2) is 0 Å². The van der Waals surface area contributed by atoms with Crippen LogP contribution < -0.4 is 10.6 Å². The third kappa shape index (κ3) is 2.74. The Hall–Kier alpha value is -1.32. The molecule has 1 aromatic heterocycles. The van der Waals surface area contributed by atoms with E-state index in [9.17, 15) is 0 Å². The molecule has 0 aliphatic rings. The summed E-state index contributed by atoms with van der Waals surface area (Å²) in [7, 11) is 4.10. The molecule has 0 aliphatic carbocycles. The summed E-state index contributed by atoms with van der Waals surface area (Å²) in [5.41, 5.74) is 2.78. The molecular formula is C15H23N3. The number of aromatic nitrogens is 1. The van der Waals surface area contributed by atoms with Crippen molar-refractivity contribution in [2.45, 2.75) is 25.9 Å². The predicted molar refractivity (Wildman–Crippen MR) is 77.8 cm³/mol. The average Bonchev–Trinajstić information content (AvgIpc) is 2.67. The van der Waals surface area contributed by atoms with Crippen LogP contribution in [-0.2, 0) is 13.6 Å². The summed E-state index contributed by atoms with van der Waals surface area (Å²) in [5.74, 6) is 0. The molecule has 0 bridgehead atoms. The third-order valence-electron chi connectivity index (χ3n) is 3.54. The predicted octanol–water partition coefficient (Wildman–Crippen LogP) is 2.27. The normalized spacial score (nSPS) is 12.2. The third-order valence-corrected chi connectivity index (χ3v) is 3.54. The molecule has 0 saturated carbocycles. The maximum Gasteiger partial charge on any atom is 0.0481 e. The van der Waals surface area contributed by atoms with Gasteiger partial charge in [0.15, 0.2) is 0 Å². The topological polar surface area (TPSA) is 29.0 Å². The van der Waals surface area contributed by atoms with Crippen LogP contribution in [0.5, 0.6) is 0 Å². The number of hydrogen-bond donors (Lipinski definition) is 2. The molecule has 0 aliphatic heterocycles. The second-order valence-corrected chi connectivity index (χ2v) is 5.52. The Morgan fingerprint density at radius 3 is 2.67 bits per heavy atom. The molecule has 3 heteroatoms. The van der Waals surface area contributed by atoms with Crippen molar-refractivity contribution in [2.24, 2.45) is 7.05 Å². The van der Waals surface area contributed by atoms with Crippen molar-refractivity contribution in [1.29, 1.82) is 0 Å². The Labute approximate surface area is 109 Å². The summed E-state index contributed by atoms with van der Waals surface area (Å²) in [6, 6.07) is 8.54. The fraction of sp³-hybridized carbons (Fsp3) is 0.467. The molecule has 0 radical (unpaired) electrons. The van der Waals surface area contributed by atoms with Crippen LogP contribution in [0.2, 0.25) is 0 Å². The SMILES string of the molecule is CNC(C)(C)CNCc1cn(C)c2ccccc12. The van der Waals surface area contributed by atoms with Gasteiger partial charge in [-0.3, -0.25) is 0 Å². The van der Waals surface area contributed by atoms with Crippen LogP contribution in [0, 0.1) is 0 Å². The van der Waals surface area contributed by atoms with E-state index in [1.807, 2.05) is 7.05 Å². The maximum atomic E-state index is 3.52. The fourth-order valence-corrected chi connectivity index (χ4v) is 2.16. The minimum Gasteiger partial charge on any atom is -0.350 e. The number of rotatable bonds is 5. The lowest BCUT2D eigenvalue weighted by molar-refractivity contribution is 0.393. The van der Waals surface area contributed by atoms with Crippen molar-refractivity contribution < 1.29 is 0 Å². The van der Waals surface area contributed by atoms with Crippen LogP contribution in [0.15, 0.2) is 30.5 Å². The molecule has 0 atom stereocenters. The van der Waals surface area contributed by atoms with Gasteiger partial charge in [0.05, 0.1) is 0 Å². The summed E-state index contributed by atoms with van der Waals surface area (Å²) < 4.78 is 2.19. The van der Waals surface area contributed by atoms with E-state index in [2.05, 4.69) is 66.6 Å². The number of aryl methyl sites for hydroxylation is 1. The van der Waals surface area contributed by atoms with Crippen molar-refractivity contribution in [3.63, 3.8) is 0 Å². The Bertz CT molecular complexity index is 526. The van der Waals surface area contributed by atoms with Gasteiger partial charge in [-0.15, -0.1) is 0 Å². The summed E-state index contributed by atoms with van der Waals surface area (Å²) >= 11 is 0. The molecule has 2 rings (SSSR count). The number of nitrogens with one attached hydrogen (secondary N) is 2. The van der Waals surface area contributed by atoms with E-state index in [-0.39, 0.29) is 5.54 Å². The van der Waals surface area contributed by atoms with E-state index in [1.54, 1.807) is 0 Å². The summed E-state index contributed by atoms with van der Waals surface area (Å²) in [5, 5.41) is 8.17. The first-order valence-corrected chi connectivity index (χ1v) is 6.46. The van der Waals surface area contributed by atoms with Gasteiger partial charge >= 0.3 is 0 Å². The molecule has 0 amide bonds. The van der Waals surface area contributed by atoms with E-state index in [1.165, 1.54) is 16.5 Å². The van der Waals surface area contributed by atoms with Crippen molar-refractivity contribution in [3.05, 3.63) is 36.0 Å². The Kier molecular flexibility index (Phi) is 3.73. The molecule has 18 heavy (non-hydrogen) atoms. The van der Waals surface area contributed by atoms with Gasteiger partial charge in [0.1, 0.15) is 0 Å². The first-order valence-electron chi connectivity index (χ1n) is 6.46. The summed E-state index contributed by atoms with van der Waals surface area (Å²) in [4.78, 5) is 0. The molecule has 0 fully saturated rings. The lowest BCUT2D eigenvalue weighted by Gasteiger charge is -2.24. The minimum atomic E-state index is 0.130. The molecule has 1 aromatic carbocycles. The lowest BCUT2D eigenvalue weighted by Crippen LogP contribution is -2.45. The minimum absolute atomic E-state index is 0.130. The smallest absolute Gasteiger partial charge is 0.0481 e. The first kappa shape index (κ1) is 13.1. The van der Waals surface area contributed by atoms with Gasteiger partial charge in [-0.05, 0) is 32.5 Å². The van der Waals surface area contributed by atoms with Gasteiger partial charge in [0.2, 0.25) is 0 Å². The fourth-order valence-electron chi connectivity index (χ4n) is 2.16. The highest BCUT2D eigenvalue weighted by molar-refractivity contribution is 5.83. The number of nitrogens with zero attached hydrogens (tertiary/aromatic N) is 1. The van der Waals surface area contributed by atoms with E-state index in [0.717, 1.165) is 13.1 Å². The van der Waals surface area contributed by atoms with Crippen molar-refractivity contribution in [3.8, 4) is 0 Å². The number of likely N-dealkylation sites (N-methyl/N-ethyl adjacent to an activating group) is 1. The largest absolute Gasteiger partial charge is 0.350 e. The molecule has 0 unspecified atom stereocenters. The first-order chi connectivity index (χ1) is 8.53. The lowest BCUT2D eigenvalue weighted by atomic mass is 10.1. The standard InChI is InChI=1S/C15H23N3/c1-15(2,16-3)11-17-9-12-10-18(4)14-8-6-5-7-13(12)14/h5-8,10,16-17H,9,11H2,1-4H3. The molecule has 0 spiro atoms. The van der Waals surface area contributed by atoms with Crippen molar-refractivity contribution >= 4 is 10.9 Å². The molecule has 2 N–H and O–H groups in total. The van der Waals surface area contributed by atoms with Gasteiger partial charge in [-0.1, -0.05) is 18.2 Å². The zero-order valence-corrected chi connectivity index (χ0v) is 11.7. The van der Waals surface area contributed by atoms with Crippen LogP contribution in [0.25, 0.3) is 10.9 Å². The van der Waals surface area contributed by atoms with Crippen LogP contribution in [0.4, 0.5) is 0 Å². The van der Waals surface area contributed by atoms with Gasteiger partial charge in [0, 0.05) is 42.8 Å². The van der Waals surface area contributed by atoms with Crippen LogP contribution in [0.3, 0.4) is 0 Å². The highest BCUT2D eigenvalue weighted by Gasteiger charge is 2.14. The quantitative estimate of drug-likeness (QED) is 0.846. The zero-order chi connectivity index (χ0) is 13.2. The number of hydrogen-bond acceptors (Lipinski definition) is 2. The highest BCUT2D eigenvalue weighted by atomic mass is 15.0. The second-order valence-electron chi connectivity index (χ2n) is 5.52. The number of fused-ring (bicyclic) bond motifs is 1. The molecule has 0 saturated heterocycles. The van der Waals surface area contributed by atoms with Crippen molar-refractivity contribution in [1.82, 2.24) is 15.2 Å². The monoisotopic (exact) mass is 245 g/mol. The van der Waals surface area contributed by atoms with Crippen LogP contribution in [-0.4, -0.2) is 23.7 Å². The summed E-state index contributed by atoms with van der Waals surface area (Å²) in [6.07, 6.45) is 2.21. The zero-order valence-electron chi connectivity index (χ0n) is 11.7. The molecule has 1 heterocycles. The van der Waals surface area contributed by atoms with Crippen LogP contribution in [0.1, 0.15) is 19.4 Å². The van der Waals surface area contributed by atoms with Gasteiger partial charge in [0.25, 0.3) is 0 Å². The van der Waals surface area contributed by atoms with E-state index >= 15 is 0 Å². The molecule has 98 valence electrons. The number of para-hydroxylation sites is 1. The van der Waals surface area contributed by atoms with Crippen LogP contribution >= 0.6 is 0 Å². The summed E-state index contributed by atoms with van der Waals surface area (Å²) in [6.45, 7) is 6.26. The molecule has 3 nitrogen and oxygen atoms in total. The average molecular weight is 245 g/mol. The Morgan fingerprint density at radius 1 is 1.22 bits per heavy atom. The highest BCUT2D eigenvalue weighted by Crippen LogP contribution is 2.19. The van der Waals surface area contributed by atoms with E-state index in [4.69, 9.17) is 0 Å². The van der Waals surface area contributed by atoms with E-state index < -0.39 is 0 Å². The van der Waals surface area contributed by atoms with Gasteiger partial charge < -0.3 is 15.2 Å². The maximum absolute atomic E-state index is 3.52. The Balaban J connectivity index is 2.09. The molecule has 2 aromatic rings.